The molecule has 2 nitrogen and oxygen atoms in total. The summed E-state index contributed by atoms with van der Waals surface area (Å²) in [5, 5.41) is 10.8. The summed E-state index contributed by atoms with van der Waals surface area (Å²) in [6.45, 7) is 1.98. The predicted octanol–water partition coefficient (Wildman–Crippen LogP) is 3.32. The highest BCUT2D eigenvalue weighted by Crippen LogP contribution is 2.26. The highest BCUT2D eigenvalue weighted by Gasteiger charge is 2.12. The molecule has 0 spiro atoms. The molecular formula is C14H14ClNO. The Morgan fingerprint density at radius 3 is 2.59 bits per heavy atom. The largest absolute Gasteiger partial charge is 0.388 e. The average Bonchev–Trinajstić information content (AvgIpc) is 2.30. The Kier molecular flexibility index (Phi) is 3.77. The number of aliphatic hydroxyl groups is 1. The van der Waals surface area contributed by atoms with Gasteiger partial charge in [0.15, 0.2) is 0 Å². The summed E-state index contributed by atoms with van der Waals surface area (Å²) < 4.78 is 0. The molecule has 0 amide bonds. The molecule has 2 rings (SSSR count). The topological polar surface area (TPSA) is 33.1 Å². The van der Waals surface area contributed by atoms with Gasteiger partial charge in [-0.05, 0) is 41.8 Å². The van der Waals surface area contributed by atoms with Gasteiger partial charge in [0, 0.05) is 23.8 Å². The van der Waals surface area contributed by atoms with Crippen molar-refractivity contribution in [3.05, 3.63) is 64.4 Å². The molecule has 1 aromatic heterocycles. The molecule has 88 valence electrons. The molecule has 3 heteroatoms. The van der Waals surface area contributed by atoms with Gasteiger partial charge in [-0.15, -0.1) is 0 Å². The average molecular weight is 248 g/mol. The number of aliphatic hydroxyl groups excluding tert-OH is 1. The van der Waals surface area contributed by atoms with Crippen LogP contribution in [0.2, 0.25) is 5.02 Å². The van der Waals surface area contributed by atoms with Crippen LogP contribution in [-0.4, -0.2) is 10.1 Å². The molecule has 0 bridgehead atoms. The molecule has 0 aliphatic carbocycles. The van der Waals surface area contributed by atoms with Gasteiger partial charge in [0.1, 0.15) is 0 Å². The molecule has 1 atom stereocenters. The minimum absolute atomic E-state index is 0.547. The fourth-order valence-corrected chi connectivity index (χ4v) is 2.12. The van der Waals surface area contributed by atoms with E-state index in [0.29, 0.717) is 11.4 Å². The van der Waals surface area contributed by atoms with E-state index >= 15 is 0 Å². The number of halogens is 1. The summed E-state index contributed by atoms with van der Waals surface area (Å²) in [6, 6.07) is 9.49. The Labute approximate surface area is 106 Å². The summed E-state index contributed by atoms with van der Waals surface area (Å²) in [7, 11) is 0. The first-order valence-corrected chi connectivity index (χ1v) is 5.87. The SMILES string of the molecule is Cc1ccc(C(O)Cc2ccncc2)c(Cl)c1. The van der Waals surface area contributed by atoms with Crippen LogP contribution in [0.25, 0.3) is 0 Å². The second kappa shape index (κ2) is 5.30. The first-order valence-electron chi connectivity index (χ1n) is 5.50. The Bertz CT molecular complexity index is 499. The molecule has 0 saturated carbocycles. The van der Waals surface area contributed by atoms with Crippen molar-refractivity contribution >= 4 is 11.6 Å². The van der Waals surface area contributed by atoms with E-state index < -0.39 is 6.10 Å². The van der Waals surface area contributed by atoms with Gasteiger partial charge in [-0.1, -0.05) is 23.7 Å². The number of aromatic nitrogens is 1. The molecule has 1 unspecified atom stereocenters. The summed E-state index contributed by atoms with van der Waals surface area (Å²) in [4.78, 5) is 3.95. The normalized spacial score (nSPS) is 12.4. The van der Waals surface area contributed by atoms with Crippen LogP contribution in [0, 0.1) is 6.92 Å². The van der Waals surface area contributed by atoms with E-state index in [-0.39, 0.29) is 0 Å². The zero-order valence-electron chi connectivity index (χ0n) is 9.60. The second-order valence-corrected chi connectivity index (χ2v) is 4.51. The van der Waals surface area contributed by atoms with Crippen LogP contribution in [-0.2, 0) is 6.42 Å². The summed E-state index contributed by atoms with van der Waals surface area (Å²) in [6.07, 6.45) is 3.41. The van der Waals surface area contributed by atoms with E-state index in [1.807, 2.05) is 37.3 Å². The number of rotatable bonds is 3. The third-order valence-electron chi connectivity index (χ3n) is 2.69. The zero-order chi connectivity index (χ0) is 12.3. The van der Waals surface area contributed by atoms with E-state index in [0.717, 1.165) is 16.7 Å². The molecule has 0 aliphatic heterocycles. The van der Waals surface area contributed by atoms with Crippen molar-refractivity contribution in [3.8, 4) is 0 Å². The van der Waals surface area contributed by atoms with Crippen molar-refractivity contribution in [3.63, 3.8) is 0 Å². The van der Waals surface area contributed by atoms with Crippen molar-refractivity contribution in [1.29, 1.82) is 0 Å². The van der Waals surface area contributed by atoms with Crippen molar-refractivity contribution in [2.75, 3.05) is 0 Å². The lowest BCUT2D eigenvalue weighted by molar-refractivity contribution is 0.178. The molecular weight excluding hydrogens is 234 g/mol. The van der Waals surface area contributed by atoms with Crippen LogP contribution in [0.15, 0.2) is 42.7 Å². The molecule has 0 saturated heterocycles. The minimum atomic E-state index is -0.578. The van der Waals surface area contributed by atoms with Crippen LogP contribution in [0.4, 0.5) is 0 Å². The molecule has 1 N–H and O–H groups in total. The van der Waals surface area contributed by atoms with Crippen LogP contribution in [0.3, 0.4) is 0 Å². The number of aryl methyl sites for hydroxylation is 1. The molecule has 1 aromatic carbocycles. The third kappa shape index (κ3) is 3.05. The van der Waals surface area contributed by atoms with Gasteiger partial charge in [-0.2, -0.15) is 0 Å². The fourth-order valence-electron chi connectivity index (χ4n) is 1.75. The van der Waals surface area contributed by atoms with E-state index in [4.69, 9.17) is 11.6 Å². The zero-order valence-corrected chi connectivity index (χ0v) is 10.4. The van der Waals surface area contributed by atoms with Gasteiger partial charge in [0.05, 0.1) is 6.10 Å². The first kappa shape index (κ1) is 12.1. The van der Waals surface area contributed by atoms with E-state index in [1.54, 1.807) is 12.4 Å². The third-order valence-corrected chi connectivity index (χ3v) is 3.02. The Morgan fingerprint density at radius 1 is 1.24 bits per heavy atom. The van der Waals surface area contributed by atoms with Gasteiger partial charge in [-0.25, -0.2) is 0 Å². The Balaban J connectivity index is 2.17. The van der Waals surface area contributed by atoms with Crippen LogP contribution in [0.1, 0.15) is 22.8 Å². The lowest BCUT2D eigenvalue weighted by atomic mass is 10.0. The first-order chi connectivity index (χ1) is 8.16. The summed E-state index contributed by atoms with van der Waals surface area (Å²) in [5.74, 6) is 0. The fraction of sp³-hybridized carbons (Fsp3) is 0.214. The van der Waals surface area contributed by atoms with Gasteiger partial charge in [0.2, 0.25) is 0 Å². The van der Waals surface area contributed by atoms with E-state index in [1.165, 1.54) is 0 Å². The minimum Gasteiger partial charge on any atom is -0.388 e. The number of pyridine rings is 1. The maximum absolute atomic E-state index is 10.1. The number of hydrogen-bond acceptors (Lipinski definition) is 2. The standard InChI is InChI=1S/C14H14ClNO/c1-10-2-3-12(13(15)8-10)14(17)9-11-4-6-16-7-5-11/h2-8,14,17H,9H2,1H3. The number of hydrogen-bond donors (Lipinski definition) is 1. The molecule has 0 aliphatic rings. The lowest BCUT2D eigenvalue weighted by Gasteiger charge is -2.13. The molecule has 1 heterocycles. The maximum atomic E-state index is 10.1. The van der Waals surface area contributed by atoms with Crippen molar-refractivity contribution in [1.82, 2.24) is 4.98 Å². The lowest BCUT2D eigenvalue weighted by Crippen LogP contribution is -2.02. The smallest absolute Gasteiger partial charge is 0.0844 e. The Hall–Kier alpha value is -1.38. The molecule has 0 radical (unpaired) electrons. The number of nitrogens with zero attached hydrogens (tertiary/aromatic N) is 1. The maximum Gasteiger partial charge on any atom is 0.0844 e. The van der Waals surface area contributed by atoms with Gasteiger partial charge < -0.3 is 5.11 Å². The highest BCUT2D eigenvalue weighted by atomic mass is 35.5. The van der Waals surface area contributed by atoms with Crippen molar-refractivity contribution in [2.45, 2.75) is 19.4 Å². The molecule has 17 heavy (non-hydrogen) atoms. The predicted molar refractivity (Wildman–Crippen MR) is 69.1 cm³/mol. The number of benzene rings is 1. The van der Waals surface area contributed by atoms with E-state index in [2.05, 4.69) is 4.98 Å². The van der Waals surface area contributed by atoms with Gasteiger partial charge in [-0.3, -0.25) is 4.98 Å². The van der Waals surface area contributed by atoms with Crippen LogP contribution < -0.4 is 0 Å². The van der Waals surface area contributed by atoms with Crippen molar-refractivity contribution in [2.24, 2.45) is 0 Å². The van der Waals surface area contributed by atoms with Gasteiger partial charge in [0.25, 0.3) is 0 Å². The van der Waals surface area contributed by atoms with Gasteiger partial charge >= 0.3 is 0 Å². The second-order valence-electron chi connectivity index (χ2n) is 4.10. The van der Waals surface area contributed by atoms with E-state index in [9.17, 15) is 5.11 Å². The summed E-state index contributed by atoms with van der Waals surface area (Å²) in [5.41, 5.74) is 2.91. The molecule has 2 aromatic rings. The van der Waals surface area contributed by atoms with Crippen molar-refractivity contribution < 1.29 is 5.11 Å². The van der Waals surface area contributed by atoms with Crippen LogP contribution in [0.5, 0.6) is 0 Å². The monoisotopic (exact) mass is 247 g/mol. The molecule has 0 fully saturated rings. The Morgan fingerprint density at radius 2 is 1.94 bits per heavy atom. The van der Waals surface area contributed by atoms with Crippen LogP contribution >= 0.6 is 11.6 Å². The highest BCUT2D eigenvalue weighted by molar-refractivity contribution is 6.31. The quantitative estimate of drug-likeness (QED) is 0.903. The summed E-state index contributed by atoms with van der Waals surface area (Å²) >= 11 is 6.12.